The first-order valence-electron chi connectivity index (χ1n) is 5.62. The van der Waals surface area contributed by atoms with Gasteiger partial charge in [-0.05, 0) is 5.92 Å². The Bertz CT molecular complexity index is 647. The lowest BCUT2D eigenvalue weighted by molar-refractivity contribution is 0.507. The molecule has 0 spiro atoms. The van der Waals surface area contributed by atoms with E-state index >= 15 is 0 Å². The lowest BCUT2D eigenvalue weighted by Crippen LogP contribution is -2.27. The number of hydrogen-bond donors (Lipinski definition) is 0. The first-order valence-corrected chi connectivity index (χ1v) is 5.62. The van der Waals surface area contributed by atoms with Gasteiger partial charge in [0, 0.05) is 31.3 Å². The van der Waals surface area contributed by atoms with Crippen LogP contribution in [0.2, 0.25) is 0 Å². The first kappa shape index (κ1) is 12.0. The van der Waals surface area contributed by atoms with Gasteiger partial charge >= 0.3 is 0 Å². The average molecular weight is 243 g/mol. The standard InChI is InChI=1S/C12H13N5O/c1-9(2)8-16-5-3-15-11(12(16)18)17-6-4-14-10(17)7-13/h3-6,9H,8H2,1-2H3. The van der Waals surface area contributed by atoms with Crippen molar-refractivity contribution >= 4 is 0 Å². The van der Waals surface area contributed by atoms with E-state index in [2.05, 4.69) is 9.97 Å². The molecule has 0 saturated carbocycles. The predicted molar refractivity (Wildman–Crippen MR) is 65.2 cm³/mol. The summed E-state index contributed by atoms with van der Waals surface area (Å²) in [5, 5.41) is 8.90. The summed E-state index contributed by atoms with van der Waals surface area (Å²) in [6, 6.07) is 1.93. The van der Waals surface area contributed by atoms with Crippen molar-refractivity contribution in [3.8, 4) is 11.9 Å². The highest BCUT2D eigenvalue weighted by Gasteiger charge is 2.11. The smallest absolute Gasteiger partial charge is 0.294 e. The molecule has 0 atom stereocenters. The molecule has 0 radical (unpaired) electrons. The summed E-state index contributed by atoms with van der Waals surface area (Å²) in [5.41, 5.74) is -0.222. The quantitative estimate of drug-likeness (QED) is 0.804. The molecule has 0 aliphatic carbocycles. The maximum absolute atomic E-state index is 12.2. The molecule has 0 fully saturated rings. The van der Waals surface area contributed by atoms with Crippen LogP contribution in [-0.2, 0) is 6.54 Å². The fraction of sp³-hybridized carbons (Fsp3) is 0.333. The van der Waals surface area contributed by atoms with Crippen LogP contribution in [0.3, 0.4) is 0 Å². The largest absolute Gasteiger partial charge is 0.311 e. The second-order valence-electron chi connectivity index (χ2n) is 4.33. The highest BCUT2D eigenvalue weighted by molar-refractivity contribution is 5.26. The van der Waals surface area contributed by atoms with Crippen LogP contribution in [0, 0.1) is 17.2 Å². The molecule has 18 heavy (non-hydrogen) atoms. The van der Waals surface area contributed by atoms with Gasteiger partial charge in [-0.25, -0.2) is 9.97 Å². The summed E-state index contributed by atoms with van der Waals surface area (Å²) in [5.74, 6) is 0.713. The number of aromatic nitrogens is 4. The third-order valence-electron chi connectivity index (χ3n) is 2.43. The Morgan fingerprint density at radius 2 is 2.06 bits per heavy atom. The van der Waals surface area contributed by atoms with Crippen LogP contribution >= 0.6 is 0 Å². The fourth-order valence-corrected chi connectivity index (χ4v) is 1.70. The average Bonchev–Trinajstić information content (AvgIpc) is 2.79. The maximum atomic E-state index is 12.2. The van der Waals surface area contributed by atoms with E-state index in [1.54, 1.807) is 23.2 Å². The molecule has 92 valence electrons. The molecule has 0 N–H and O–H groups in total. The van der Waals surface area contributed by atoms with Crippen LogP contribution in [-0.4, -0.2) is 19.1 Å². The van der Waals surface area contributed by atoms with Crippen molar-refractivity contribution in [2.75, 3.05) is 0 Å². The Morgan fingerprint density at radius 3 is 2.72 bits per heavy atom. The second kappa shape index (κ2) is 4.84. The number of nitrogens with zero attached hydrogens (tertiary/aromatic N) is 5. The third-order valence-corrected chi connectivity index (χ3v) is 2.43. The molecule has 0 aliphatic heterocycles. The van der Waals surface area contributed by atoms with Crippen molar-refractivity contribution in [3.63, 3.8) is 0 Å². The lowest BCUT2D eigenvalue weighted by atomic mass is 10.2. The van der Waals surface area contributed by atoms with E-state index in [1.165, 1.54) is 10.8 Å². The molecule has 2 aromatic rings. The van der Waals surface area contributed by atoms with Crippen LogP contribution < -0.4 is 5.56 Å². The number of hydrogen-bond acceptors (Lipinski definition) is 4. The van der Waals surface area contributed by atoms with Gasteiger partial charge < -0.3 is 4.57 Å². The highest BCUT2D eigenvalue weighted by atomic mass is 16.1. The van der Waals surface area contributed by atoms with E-state index < -0.39 is 0 Å². The SMILES string of the molecule is CC(C)Cn1ccnc(-n2ccnc2C#N)c1=O. The monoisotopic (exact) mass is 243 g/mol. The Morgan fingerprint density at radius 1 is 1.33 bits per heavy atom. The lowest BCUT2D eigenvalue weighted by Gasteiger charge is -2.10. The minimum absolute atomic E-state index is 0.155. The summed E-state index contributed by atoms with van der Waals surface area (Å²) in [4.78, 5) is 20.1. The maximum Gasteiger partial charge on any atom is 0.294 e. The van der Waals surface area contributed by atoms with Crippen molar-refractivity contribution in [1.82, 2.24) is 19.1 Å². The van der Waals surface area contributed by atoms with Crippen LogP contribution in [0.5, 0.6) is 0 Å². The van der Waals surface area contributed by atoms with Gasteiger partial charge in [-0.3, -0.25) is 9.36 Å². The molecule has 6 heteroatoms. The summed E-state index contributed by atoms with van der Waals surface area (Å²) in [7, 11) is 0. The molecule has 0 saturated heterocycles. The van der Waals surface area contributed by atoms with Gasteiger partial charge in [0.05, 0.1) is 0 Å². The molecule has 6 nitrogen and oxygen atoms in total. The zero-order chi connectivity index (χ0) is 13.1. The normalized spacial score (nSPS) is 10.6. The Kier molecular flexibility index (Phi) is 3.24. The van der Waals surface area contributed by atoms with E-state index in [-0.39, 0.29) is 17.2 Å². The molecular formula is C12H13N5O. The summed E-state index contributed by atoms with van der Waals surface area (Å²) >= 11 is 0. The number of imidazole rings is 1. The Labute approximate surface area is 104 Å². The van der Waals surface area contributed by atoms with E-state index in [1.807, 2.05) is 19.9 Å². The van der Waals surface area contributed by atoms with Gasteiger partial charge in [-0.1, -0.05) is 13.8 Å². The summed E-state index contributed by atoms with van der Waals surface area (Å²) < 4.78 is 2.99. The van der Waals surface area contributed by atoms with Gasteiger partial charge in [-0.2, -0.15) is 5.26 Å². The minimum atomic E-state index is -0.222. The molecule has 2 rings (SSSR count). The molecular weight excluding hydrogens is 230 g/mol. The summed E-state index contributed by atoms with van der Waals surface area (Å²) in [6.07, 6.45) is 6.23. The molecule has 2 heterocycles. The van der Waals surface area contributed by atoms with Gasteiger partial charge in [-0.15, -0.1) is 0 Å². The van der Waals surface area contributed by atoms with Crippen LogP contribution in [0.25, 0.3) is 5.82 Å². The van der Waals surface area contributed by atoms with Crippen molar-refractivity contribution in [1.29, 1.82) is 5.26 Å². The van der Waals surface area contributed by atoms with Crippen molar-refractivity contribution in [2.24, 2.45) is 5.92 Å². The zero-order valence-corrected chi connectivity index (χ0v) is 10.2. The van der Waals surface area contributed by atoms with Gasteiger partial charge in [0.1, 0.15) is 6.07 Å². The van der Waals surface area contributed by atoms with Crippen LogP contribution in [0.15, 0.2) is 29.6 Å². The molecule has 0 amide bonds. The highest BCUT2D eigenvalue weighted by Crippen LogP contribution is 2.03. The van der Waals surface area contributed by atoms with Crippen LogP contribution in [0.1, 0.15) is 19.7 Å². The minimum Gasteiger partial charge on any atom is -0.311 e. The van der Waals surface area contributed by atoms with Gasteiger partial charge in [0.2, 0.25) is 11.6 Å². The van der Waals surface area contributed by atoms with Gasteiger partial charge in [0.15, 0.2) is 0 Å². The molecule has 2 aromatic heterocycles. The van der Waals surface area contributed by atoms with E-state index in [0.29, 0.717) is 12.5 Å². The topological polar surface area (TPSA) is 76.5 Å². The zero-order valence-electron chi connectivity index (χ0n) is 10.2. The molecule has 0 bridgehead atoms. The molecule has 0 unspecified atom stereocenters. The first-order chi connectivity index (χ1) is 8.63. The Balaban J connectivity index is 2.54. The van der Waals surface area contributed by atoms with Crippen molar-refractivity contribution in [3.05, 3.63) is 41.0 Å². The summed E-state index contributed by atoms with van der Waals surface area (Å²) in [6.45, 7) is 4.68. The van der Waals surface area contributed by atoms with Gasteiger partial charge in [0.25, 0.3) is 5.56 Å². The van der Waals surface area contributed by atoms with E-state index in [0.717, 1.165) is 0 Å². The number of rotatable bonds is 3. The second-order valence-corrected chi connectivity index (χ2v) is 4.33. The van der Waals surface area contributed by atoms with E-state index in [9.17, 15) is 4.79 Å². The van der Waals surface area contributed by atoms with Crippen LogP contribution in [0.4, 0.5) is 0 Å². The predicted octanol–water partition coefficient (Wildman–Crippen LogP) is 0.957. The molecule has 0 aliphatic rings. The van der Waals surface area contributed by atoms with Crippen molar-refractivity contribution in [2.45, 2.75) is 20.4 Å². The number of nitriles is 1. The fourth-order valence-electron chi connectivity index (χ4n) is 1.70. The third kappa shape index (κ3) is 2.15. The Hall–Kier alpha value is -2.42. The molecule has 0 aromatic carbocycles. The van der Waals surface area contributed by atoms with E-state index in [4.69, 9.17) is 5.26 Å². The van der Waals surface area contributed by atoms with Crippen molar-refractivity contribution < 1.29 is 0 Å².